The largest absolute Gasteiger partial charge is 1.00 e. The molecule has 0 spiro atoms. The Morgan fingerprint density at radius 3 is 2.56 bits per heavy atom. The van der Waals surface area contributed by atoms with Gasteiger partial charge in [-0.25, -0.2) is 0 Å². The number of hydrogen-bond acceptors (Lipinski definition) is 5. The number of amides is 1. The van der Waals surface area contributed by atoms with Gasteiger partial charge in [-0.2, -0.15) is 0 Å². The maximum atomic E-state index is 12.7. The third-order valence-corrected chi connectivity index (χ3v) is 6.65. The monoisotopic (exact) mass is 446 g/mol. The summed E-state index contributed by atoms with van der Waals surface area (Å²) < 4.78 is 0. The molecule has 32 heavy (non-hydrogen) atoms. The molecule has 3 atom stereocenters. The molecule has 0 bridgehead atoms. The second-order valence-electron chi connectivity index (χ2n) is 8.85. The molecule has 6 nitrogen and oxygen atoms in total. The van der Waals surface area contributed by atoms with E-state index < -0.39 is 12.5 Å². The van der Waals surface area contributed by atoms with Crippen LogP contribution in [0.25, 0.3) is 0 Å². The number of carbonyl (C=O) groups is 2. The Kier molecular flexibility index (Phi) is 9.77. The van der Waals surface area contributed by atoms with Gasteiger partial charge in [-0.1, -0.05) is 56.3 Å². The van der Waals surface area contributed by atoms with E-state index in [1.54, 1.807) is 6.07 Å². The van der Waals surface area contributed by atoms with Crippen LogP contribution in [0.5, 0.6) is 5.75 Å². The first-order valence-corrected chi connectivity index (χ1v) is 10.8. The van der Waals surface area contributed by atoms with Crippen LogP contribution in [0, 0.1) is 11.8 Å². The van der Waals surface area contributed by atoms with Gasteiger partial charge >= 0.3 is 29.6 Å². The summed E-state index contributed by atoms with van der Waals surface area (Å²) in [6.07, 6.45) is 1.46. The molecule has 2 aromatic rings. The molecule has 1 fully saturated rings. The molecule has 2 aromatic carbocycles. The third-order valence-electron chi connectivity index (χ3n) is 6.65. The maximum Gasteiger partial charge on any atom is 1.00 e. The molecule has 1 amide bonds. The van der Waals surface area contributed by atoms with Gasteiger partial charge in [0.05, 0.1) is 18.4 Å². The summed E-state index contributed by atoms with van der Waals surface area (Å²) >= 11 is 0. The van der Waals surface area contributed by atoms with Gasteiger partial charge in [-0.3, -0.25) is 4.79 Å². The topological polar surface area (TPSA) is 92.7 Å². The number of benzene rings is 2. The van der Waals surface area contributed by atoms with Gasteiger partial charge in [-0.05, 0) is 54.0 Å². The van der Waals surface area contributed by atoms with Gasteiger partial charge in [0.1, 0.15) is 5.75 Å². The molecule has 3 rings (SSSR count). The number of hydrogen-bond donors (Lipinski definition) is 2. The van der Waals surface area contributed by atoms with E-state index in [9.17, 15) is 19.8 Å². The van der Waals surface area contributed by atoms with Crippen molar-refractivity contribution >= 4 is 11.9 Å². The summed E-state index contributed by atoms with van der Waals surface area (Å²) in [5, 5.41) is 23.2. The van der Waals surface area contributed by atoms with Crippen LogP contribution in [-0.4, -0.2) is 48.1 Å². The number of aromatic hydroxyl groups is 1. The fourth-order valence-electron chi connectivity index (χ4n) is 4.53. The number of likely N-dealkylation sites (tertiary alicyclic amines) is 1. The van der Waals surface area contributed by atoms with Gasteiger partial charge in [0.15, 0.2) is 0 Å². The van der Waals surface area contributed by atoms with Gasteiger partial charge in [-0.15, -0.1) is 0 Å². The SMILES string of the molecule is C[C@H]1CN(C[C@H](Cc2ccccc2)C(=O)NCC(=O)[O-])CC[C@@]1(C)c1cccc(O)c1.[Na+]. The van der Waals surface area contributed by atoms with Crippen molar-refractivity contribution in [2.45, 2.75) is 32.1 Å². The van der Waals surface area contributed by atoms with Gasteiger partial charge in [0.2, 0.25) is 5.91 Å². The molecule has 7 heteroatoms. The number of phenolic OH excluding ortho intramolecular Hbond substituents is 1. The Hall–Kier alpha value is -1.86. The molecule has 0 unspecified atom stereocenters. The predicted octanol–water partition coefficient (Wildman–Crippen LogP) is -1.28. The van der Waals surface area contributed by atoms with E-state index in [1.165, 1.54) is 0 Å². The molecule has 2 N–H and O–H groups in total. The summed E-state index contributed by atoms with van der Waals surface area (Å²) in [4.78, 5) is 25.8. The minimum absolute atomic E-state index is 0. The quantitative estimate of drug-likeness (QED) is 0.493. The molecule has 0 saturated carbocycles. The molecule has 0 radical (unpaired) electrons. The van der Waals surface area contributed by atoms with Crippen molar-refractivity contribution in [2.24, 2.45) is 11.8 Å². The summed E-state index contributed by atoms with van der Waals surface area (Å²) in [5.41, 5.74) is 2.12. The number of carboxylic acid groups (broad SMARTS) is 1. The summed E-state index contributed by atoms with van der Waals surface area (Å²) in [6, 6.07) is 17.3. The van der Waals surface area contributed by atoms with Crippen molar-refractivity contribution in [1.82, 2.24) is 10.2 Å². The average molecular weight is 447 g/mol. The Morgan fingerprint density at radius 2 is 1.94 bits per heavy atom. The zero-order chi connectivity index (χ0) is 22.4. The van der Waals surface area contributed by atoms with Crippen LogP contribution in [0.15, 0.2) is 54.6 Å². The Labute approximate surface area is 212 Å². The standard InChI is InChI=1S/C25H32N2O4.Na/c1-18-16-27(12-11-25(18,2)21-9-6-10-22(28)14-21)17-20(24(31)26-15-23(29)30)13-19-7-4-3-5-8-19;/h3-10,14,18,20,28H,11-13,15-17H2,1-2H3,(H,26,31)(H,29,30);/q;+1/p-1/t18-,20-,25+;/m0./s1. The van der Waals surface area contributed by atoms with Gasteiger partial charge < -0.3 is 25.2 Å². The van der Waals surface area contributed by atoms with E-state index in [0.717, 1.165) is 30.6 Å². The molecular weight excluding hydrogens is 415 g/mol. The first-order chi connectivity index (χ1) is 14.8. The number of carboxylic acids is 1. The van der Waals surface area contributed by atoms with E-state index in [-0.39, 0.29) is 52.5 Å². The van der Waals surface area contributed by atoms with Crippen molar-refractivity contribution in [3.63, 3.8) is 0 Å². The number of piperidine rings is 1. The minimum Gasteiger partial charge on any atom is -0.548 e. The number of aliphatic carboxylic acids is 1. The molecule has 1 aliphatic rings. The number of nitrogens with one attached hydrogen (secondary N) is 1. The molecule has 1 aliphatic heterocycles. The van der Waals surface area contributed by atoms with Gasteiger partial charge in [0, 0.05) is 13.1 Å². The molecule has 0 aliphatic carbocycles. The van der Waals surface area contributed by atoms with Crippen molar-refractivity contribution in [2.75, 3.05) is 26.2 Å². The number of phenols is 1. The van der Waals surface area contributed by atoms with E-state index in [4.69, 9.17) is 0 Å². The van der Waals surface area contributed by atoms with E-state index >= 15 is 0 Å². The molecular formula is C25H31N2NaO4. The normalized spacial score (nSPS) is 21.9. The van der Waals surface area contributed by atoms with E-state index in [2.05, 4.69) is 30.1 Å². The van der Waals surface area contributed by atoms with E-state index in [1.807, 2.05) is 42.5 Å². The molecule has 166 valence electrons. The van der Waals surface area contributed by atoms with E-state index in [0.29, 0.717) is 18.9 Å². The average Bonchev–Trinajstić information content (AvgIpc) is 2.75. The first kappa shape index (κ1) is 26.4. The van der Waals surface area contributed by atoms with Crippen LogP contribution in [0.4, 0.5) is 0 Å². The first-order valence-electron chi connectivity index (χ1n) is 10.8. The third kappa shape index (κ3) is 6.82. The molecule has 1 saturated heterocycles. The fraction of sp³-hybridized carbons (Fsp3) is 0.440. The smallest absolute Gasteiger partial charge is 0.548 e. The van der Waals surface area contributed by atoms with Crippen LogP contribution in [0.2, 0.25) is 0 Å². The maximum absolute atomic E-state index is 12.7. The fourth-order valence-corrected chi connectivity index (χ4v) is 4.53. The number of carbonyl (C=O) groups excluding carboxylic acids is 2. The van der Waals surface area contributed by atoms with Gasteiger partial charge in [0.25, 0.3) is 0 Å². The van der Waals surface area contributed by atoms with Crippen LogP contribution in [0.1, 0.15) is 31.4 Å². The summed E-state index contributed by atoms with van der Waals surface area (Å²) in [7, 11) is 0. The van der Waals surface area contributed by atoms with Crippen molar-refractivity contribution in [3.8, 4) is 5.75 Å². The number of nitrogens with zero attached hydrogens (tertiary/aromatic N) is 1. The van der Waals surface area contributed by atoms with Crippen molar-refractivity contribution < 1.29 is 49.4 Å². The van der Waals surface area contributed by atoms with Crippen molar-refractivity contribution in [3.05, 3.63) is 65.7 Å². The van der Waals surface area contributed by atoms with Crippen LogP contribution in [0.3, 0.4) is 0 Å². The van der Waals surface area contributed by atoms with Crippen LogP contribution < -0.4 is 40.0 Å². The summed E-state index contributed by atoms with van der Waals surface area (Å²) in [6.45, 7) is 6.18. The minimum atomic E-state index is -1.29. The Balaban J connectivity index is 0.00000363. The number of rotatable bonds is 8. The van der Waals surface area contributed by atoms with Crippen LogP contribution in [-0.2, 0) is 21.4 Å². The Morgan fingerprint density at radius 1 is 1.22 bits per heavy atom. The predicted molar refractivity (Wildman–Crippen MR) is 117 cm³/mol. The zero-order valence-corrected chi connectivity index (χ0v) is 21.2. The zero-order valence-electron chi connectivity index (χ0n) is 19.2. The van der Waals surface area contributed by atoms with Crippen LogP contribution >= 0.6 is 0 Å². The molecule has 1 heterocycles. The second kappa shape index (κ2) is 11.8. The second-order valence-corrected chi connectivity index (χ2v) is 8.85. The van der Waals surface area contributed by atoms with Crippen molar-refractivity contribution in [1.29, 1.82) is 0 Å². The summed E-state index contributed by atoms with van der Waals surface area (Å²) in [5.74, 6) is -1.30. The Bertz CT molecular complexity index is 908. The molecule has 0 aromatic heterocycles.